The minimum absolute atomic E-state index is 0.0116. The largest absolute Gasteiger partial charge is 0.488 e. The zero-order chi connectivity index (χ0) is 42.5. The molecule has 2 N–H and O–H groups in total. The number of amides is 1. The Bertz CT molecular complexity index is 1890. The van der Waals surface area contributed by atoms with E-state index < -0.39 is 22.7 Å². The van der Waals surface area contributed by atoms with Gasteiger partial charge in [-0.1, -0.05) is 80.0 Å². The van der Waals surface area contributed by atoms with Gasteiger partial charge in [0.2, 0.25) is 5.91 Å². The SMILES string of the molecule is CC(C)C1=C2[C@H]3CC[C@@H]4[C@@]5(C)CC[C@H](OC(=O)[C@H]6C[C@@H](C(=O)O)C6(C)C)C(C)(C)[C@@H]5CC[C@@]4(C)[C@]3(C)CC[C@@]2(CC(=O)NCc2ccc(O[C@H]3CCOC3)cc2)CC1=O. The highest BCUT2D eigenvalue weighted by molar-refractivity contribution is 6.01. The molecule has 1 heterocycles. The predicted molar refractivity (Wildman–Crippen MR) is 225 cm³/mol. The molecule has 1 amide bonds. The van der Waals surface area contributed by atoms with Gasteiger partial charge in [-0.2, -0.15) is 0 Å². The number of fused-ring (bicyclic) bond motifs is 7. The van der Waals surface area contributed by atoms with Crippen LogP contribution in [0.3, 0.4) is 0 Å². The third-order valence-electron chi connectivity index (χ3n) is 18.7. The minimum Gasteiger partial charge on any atom is -0.488 e. The first kappa shape index (κ1) is 42.5. The molecule has 0 unspecified atom stereocenters. The Balaban J connectivity index is 0.985. The maximum absolute atomic E-state index is 14.1. The average Bonchev–Trinajstić information content (AvgIpc) is 3.77. The van der Waals surface area contributed by atoms with Crippen LogP contribution in [-0.4, -0.2) is 54.2 Å². The summed E-state index contributed by atoms with van der Waals surface area (Å²) in [5.41, 5.74) is 2.20. The van der Waals surface area contributed by atoms with Crippen molar-refractivity contribution in [2.24, 2.45) is 68.0 Å². The van der Waals surface area contributed by atoms with E-state index in [4.69, 9.17) is 14.2 Å². The van der Waals surface area contributed by atoms with Crippen molar-refractivity contribution in [2.75, 3.05) is 13.2 Å². The molecule has 1 aromatic rings. The first-order chi connectivity index (χ1) is 27.7. The van der Waals surface area contributed by atoms with E-state index in [1.807, 2.05) is 38.1 Å². The second kappa shape index (κ2) is 14.7. The number of aliphatic carboxylic acids is 1. The van der Waals surface area contributed by atoms with Gasteiger partial charge in [-0.3, -0.25) is 19.2 Å². The van der Waals surface area contributed by atoms with E-state index in [-0.39, 0.29) is 69.3 Å². The van der Waals surface area contributed by atoms with Crippen LogP contribution in [0, 0.1) is 68.0 Å². The molecule has 1 saturated heterocycles. The van der Waals surface area contributed by atoms with Crippen molar-refractivity contribution < 1.29 is 38.5 Å². The van der Waals surface area contributed by atoms with Crippen LogP contribution in [0.2, 0.25) is 0 Å². The molecule has 7 aliphatic rings. The molecule has 9 heteroatoms. The van der Waals surface area contributed by atoms with Crippen LogP contribution in [0.4, 0.5) is 0 Å². The number of ether oxygens (including phenoxy) is 3. The van der Waals surface area contributed by atoms with Gasteiger partial charge in [0, 0.05) is 36.6 Å². The van der Waals surface area contributed by atoms with Gasteiger partial charge in [0.15, 0.2) is 5.78 Å². The van der Waals surface area contributed by atoms with E-state index in [9.17, 15) is 24.3 Å². The zero-order valence-electron chi connectivity index (χ0n) is 37.3. The number of carbonyl (C=O) groups excluding carboxylic acids is 3. The number of benzene rings is 1. The molecule has 0 radical (unpaired) electrons. The zero-order valence-corrected chi connectivity index (χ0v) is 37.3. The number of carbonyl (C=O) groups is 4. The third kappa shape index (κ3) is 6.63. The number of allylic oxidation sites excluding steroid dienone is 2. The molecule has 1 aliphatic heterocycles. The predicted octanol–water partition coefficient (Wildman–Crippen LogP) is 9.50. The number of carboxylic acid groups (broad SMARTS) is 1. The Morgan fingerprint density at radius 1 is 0.847 bits per heavy atom. The van der Waals surface area contributed by atoms with Crippen molar-refractivity contribution in [3.63, 3.8) is 0 Å². The van der Waals surface area contributed by atoms with E-state index in [0.717, 1.165) is 81.3 Å². The van der Waals surface area contributed by atoms with Gasteiger partial charge in [0.25, 0.3) is 0 Å². The van der Waals surface area contributed by atoms with Gasteiger partial charge in [-0.05, 0) is 126 Å². The van der Waals surface area contributed by atoms with Crippen LogP contribution in [0.5, 0.6) is 5.75 Å². The number of hydrogen-bond acceptors (Lipinski definition) is 7. The van der Waals surface area contributed by atoms with Crippen molar-refractivity contribution in [2.45, 2.75) is 158 Å². The van der Waals surface area contributed by atoms with Crippen molar-refractivity contribution in [1.29, 1.82) is 0 Å². The molecular formula is C50H71NO8. The number of Topliss-reactive ketones (excluding diaryl/α,β-unsaturated/α-hetero) is 1. The smallest absolute Gasteiger partial charge is 0.309 e. The second-order valence-corrected chi connectivity index (χ2v) is 22.5. The van der Waals surface area contributed by atoms with Gasteiger partial charge in [-0.15, -0.1) is 0 Å². The fourth-order valence-corrected chi connectivity index (χ4v) is 15.2. The molecule has 59 heavy (non-hydrogen) atoms. The van der Waals surface area contributed by atoms with Crippen LogP contribution in [0.25, 0.3) is 0 Å². The summed E-state index contributed by atoms with van der Waals surface area (Å²) in [5.74, 6) is 0.373. The van der Waals surface area contributed by atoms with Crippen LogP contribution in [0.1, 0.15) is 145 Å². The van der Waals surface area contributed by atoms with Crippen LogP contribution < -0.4 is 10.1 Å². The van der Waals surface area contributed by atoms with Gasteiger partial charge < -0.3 is 24.6 Å². The van der Waals surface area contributed by atoms with E-state index >= 15 is 0 Å². The average molecular weight is 814 g/mol. The molecule has 8 rings (SSSR count). The molecule has 6 fully saturated rings. The highest BCUT2D eigenvalue weighted by Gasteiger charge is 2.70. The van der Waals surface area contributed by atoms with E-state index in [1.165, 1.54) is 5.57 Å². The molecule has 5 saturated carbocycles. The Labute approximate surface area is 352 Å². The van der Waals surface area contributed by atoms with Crippen LogP contribution in [-0.2, 0) is 35.2 Å². The standard InChI is InChI=1S/C50H71NO8/c1-29(2)41-36(52)25-50(26-40(53)51-27-30-10-12-31(13-11-30)58-32-18-23-57-28-32)22-21-48(8)33(42(41)50)14-15-38-47(7)19-17-39(46(5,6)37(47)16-20-49(38,48)9)59-44(56)35-24-34(43(54)55)45(35,3)4/h10-13,29,32-35,37-39H,14-28H2,1-9H3,(H,51,53)(H,54,55)/t32-,33+,34-,35+,37-,38+,39-,47-,48+,49+,50-/m0/s1. The molecular weight excluding hydrogens is 743 g/mol. The van der Waals surface area contributed by atoms with Crippen molar-refractivity contribution >= 4 is 23.6 Å². The summed E-state index contributed by atoms with van der Waals surface area (Å²) in [7, 11) is 0. The normalized spacial score (nSPS) is 40.6. The molecule has 0 aromatic heterocycles. The molecule has 1 aromatic carbocycles. The highest BCUT2D eigenvalue weighted by Crippen LogP contribution is 2.77. The number of nitrogens with one attached hydrogen (secondary N) is 1. The maximum atomic E-state index is 14.1. The summed E-state index contributed by atoms with van der Waals surface area (Å²) in [6.07, 6.45) is 9.89. The van der Waals surface area contributed by atoms with Crippen molar-refractivity contribution in [3.8, 4) is 5.75 Å². The summed E-state index contributed by atoms with van der Waals surface area (Å²) >= 11 is 0. The third-order valence-corrected chi connectivity index (χ3v) is 18.7. The number of rotatable bonds is 10. The quantitative estimate of drug-likeness (QED) is 0.224. The number of esters is 1. The molecule has 0 bridgehead atoms. The topological polar surface area (TPSA) is 128 Å². The molecule has 9 nitrogen and oxygen atoms in total. The highest BCUT2D eigenvalue weighted by atomic mass is 16.6. The van der Waals surface area contributed by atoms with Gasteiger partial charge >= 0.3 is 11.9 Å². The van der Waals surface area contributed by atoms with Crippen molar-refractivity contribution in [3.05, 3.63) is 41.0 Å². The summed E-state index contributed by atoms with van der Waals surface area (Å²) in [4.78, 5) is 53.6. The molecule has 11 atom stereocenters. The van der Waals surface area contributed by atoms with Crippen molar-refractivity contribution in [1.82, 2.24) is 5.32 Å². The van der Waals surface area contributed by atoms with Crippen LogP contribution in [0.15, 0.2) is 35.4 Å². The second-order valence-electron chi connectivity index (χ2n) is 22.5. The fraction of sp³-hybridized carbons (Fsp3) is 0.760. The number of ketones is 1. The number of hydrogen-bond donors (Lipinski definition) is 2. The van der Waals surface area contributed by atoms with Gasteiger partial charge in [0.1, 0.15) is 18.0 Å². The number of carboxylic acids is 1. The van der Waals surface area contributed by atoms with E-state index in [2.05, 4.69) is 53.8 Å². The Morgan fingerprint density at radius 3 is 2.22 bits per heavy atom. The lowest BCUT2D eigenvalue weighted by Gasteiger charge is -2.72. The Hall–Kier alpha value is -3.20. The lowest BCUT2D eigenvalue weighted by atomic mass is 9.33. The molecule has 324 valence electrons. The summed E-state index contributed by atoms with van der Waals surface area (Å²) in [6, 6.07) is 7.96. The Morgan fingerprint density at radius 2 is 1.58 bits per heavy atom. The minimum atomic E-state index is -0.832. The fourth-order valence-electron chi connectivity index (χ4n) is 15.2. The monoisotopic (exact) mass is 814 g/mol. The molecule has 0 spiro atoms. The maximum Gasteiger partial charge on any atom is 0.309 e. The first-order valence-corrected chi connectivity index (χ1v) is 23.0. The lowest BCUT2D eigenvalue weighted by Crippen LogP contribution is -2.66. The first-order valence-electron chi connectivity index (χ1n) is 23.0. The van der Waals surface area contributed by atoms with Crippen LogP contribution >= 0.6 is 0 Å². The summed E-state index contributed by atoms with van der Waals surface area (Å²) in [6.45, 7) is 22.2. The Kier molecular flexibility index (Phi) is 10.6. The molecule has 6 aliphatic carbocycles. The van der Waals surface area contributed by atoms with Gasteiger partial charge in [-0.25, -0.2) is 0 Å². The summed E-state index contributed by atoms with van der Waals surface area (Å²) in [5, 5.41) is 12.9. The van der Waals surface area contributed by atoms with E-state index in [0.29, 0.717) is 44.2 Å². The van der Waals surface area contributed by atoms with Gasteiger partial charge in [0.05, 0.1) is 25.0 Å². The summed E-state index contributed by atoms with van der Waals surface area (Å²) < 4.78 is 17.9. The lowest BCUT2D eigenvalue weighted by molar-refractivity contribution is -0.236. The van der Waals surface area contributed by atoms with E-state index in [1.54, 1.807) is 0 Å².